The van der Waals surface area contributed by atoms with Gasteiger partial charge in [0.15, 0.2) is 0 Å². The largest absolute Gasteiger partial charge is 0.335 e. The summed E-state index contributed by atoms with van der Waals surface area (Å²) in [7, 11) is -7.15. The number of rotatable bonds is 12. The molecule has 0 N–H and O–H groups in total. The molecule has 91 heavy (non-hydrogen) atoms. The Balaban J connectivity index is 0.926. The molecule has 0 amide bonds. The highest BCUT2D eigenvalue weighted by atomic mass is 31.2. The molecule has 0 aromatic heterocycles. The first-order chi connectivity index (χ1) is 44.8. The lowest BCUT2D eigenvalue weighted by molar-refractivity contribution is 0.218. The van der Waals surface area contributed by atoms with Crippen LogP contribution in [0.3, 0.4) is 0 Å². The summed E-state index contributed by atoms with van der Waals surface area (Å²) in [5.74, 6) is 0. The normalized spacial score (nSPS) is 18.9. The maximum Gasteiger partial charge on any atom is 0.335 e. The molecule has 0 radical (unpaired) electrons. The molecule has 6 nitrogen and oxygen atoms in total. The van der Waals surface area contributed by atoms with Gasteiger partial charge in [0.05, 0.1) is 55.0 Å². The summed E-state index contributed by atoms with van der Waals surface area (Å²) in [6.45, 7) is 8.95. The lowest BCUT2D eigenvalue weighted by atomic mass is 9.68. The molecule has 0 bridgehead atoms. The molecule has 0 saturated heterocycles. The SMILES string of the molecule is CCOP(=O)(Cc1ccc2c(c1)C1(c3cc(CP(=O)(OCC)OCC)ccc3-2)C23c4c5c6c7c8c9c(c%10c%11c2c2c4c4c%12c5c5c6c6c8c8c%13c9c9c%10c%10c%11c%11c2c2c4c4c%12c%12c5c5c6c8c6c8c%13c9c9c%10c%10c%11c2c2c4c4c%12c5c6c5c8c9c%10c2c45)C713)OCC. The van der Waals surface area contributed by atoms with Crippen LogP contribution in [0.2, 0.25) is 0 Å². The lowest BCUT2D eigenvalue weighted by Gasteiger charge is -2.32. The number of hydrogen-bond acceptors (Lipinski definition) is 6. The van der Waals surface area contributed by atoms with E-state index in [9.17, 15) is 0 Å². The fraction of sp³-hybridized carbons (Fsp3) is 0.157. The molecule has 1 saturated carbocycles. The minimum Gasteiger partial charge on any atom is -0.309 e. The zero-order valence-corrected chi connectivity index (χ0v) is 50.3. The van der Waals surface area contributed by atoms with Gasteiger partial charge in [0, 0.05) is 0 Å². The van der Waals surface area contributed by atoms with E-state index in [1.54, 1.807) is 313 Å². The van der Waals surface area contributed by atoms with E-state index in [0.29, 0.717) is 26.4 Å². The average Bonchev–Trinajstić information content (AvgIpc) is 1.35. The zero-order chi connectivity index (χ0) is 56.8. The van der Waals surface area contributed by atoms with E-state index in [0.717, 1.165) is 11.1 Å². The Morgan fingerprint density at radius 3 is 0.571 bits per heavy atom. The molecular formula is C83H30O6P2. The van der Waals surface area contributed by atoms with Gasteiger partial charge in [-0.1, -0.05) is 36.4 Å². The topological polar surface area (TPSA) is 71.1 Å². The fourth-order valence-electron chi connectivity index (χ4n) is 29.5. The number of hydrogen-bond donors (Lipinski definition) is 0. The third kappa shape index (κ3) is 2.54. The van der Waals surface area contributed by atoms with Crippen LogP contribution in [0.25, 0.3) is 302 Å². The molecular weight excluding hydrogens is 1150 g/mol. The second-order valence-electron chi connectivity index (χ2n) is 31.0. The van der Waals surface area contributed by atoms with Gasteiger partial charge >= 0.3 is 15.2 Å². The van der Waals surface area contributed by atoms with Crippen LogP contribution in [0.1, 0.15) is 72.2 Å². The van der Waals surface area contributed by atoms with Crippen LogP contribution < -0.4 is 0 Å². The summed E-state index contributed by atoms with van der Waals surface area (Å²) in [4.78, 5) is 0. The second kappa shape index (κ2) is 9.94. The monoisotopic (exact) mass is 1180 g/mol. The van der Waals surface area contributed by atoms with E-state index in [4.69, 9.17) is 18.1 Å². The highest BCUT2D eigenvalue weighted by Gasteiger charge is 2.96. The van der Waals surface area contributed by atoms with Crippen LogP contribution in [0.5, 0.6) is 0 Å². The van der Waals surface area contributed by atoms with Gasteiger partial charge in [-0.15, -0.1) is 0 Å². The van der Waals surface area contributed by atoms with Crippen LogP contribution in [0, 0.1) is 0 Å². The molecule has 0 atom stereocenters. The third-order valence-electron chi connectivity index (χ3n) is 29.7. The van der Waals surface area contributed by atoms with Crippen molar-refractivity contribution in [2.45, 2.75) is 56.3 Å². The highest BCUT2D eigenvalue weighted by molar-refractivity contribution is 7.53. The van der Waals surface area contributed by atoms with Crippen molar-refractivity contribution < 1.29 is 27.2 Å². The van der Waals surface area contributed by atoms with Gasteiger partial charge in [0.25, 0.3) is 0 Å². The summed E-state index contributed by atoms with van der Waals surface area (Å²) in [5, 5.41) is 85.3. The van der Waals surface area contributed by atoms with Gasteiger partial charge < -0.3 is 18.1 Å². The molecule has 6 aliphatic carbocycles. The van der Waals surface area contributed by atoms with Crippen molar-refractivity contribution in [3.05, 3.63) is 80.9 Å². The van der Waals surface area contributed by atoms with Crippen molar-refractivity contribution in [3.63, 3.8) is 0 Å². The van der Waals surface area contributed by atoms with Crippen molar-refractivity contribution in [1.29, 1.82) is 0 Å². The van der Waals surface area contributed by atoms with Gasteiger partial charge in [0.1, 0.15) is 0 Å². The smallest absolute Gasteiger partial charge is 0.309 e. The van der Waals surface area contributed by atoms with Crippen LogP contribution in [-0.4, -0.2) is 26.4 Å². The molecule has 8 heteroatoms. The third-order valence-corrected chi connectivity index (χ3v) is 33.8. The van der Waals surface area contributed by atoms with E-state index >= 15 is 9.13 Å². The van der Waals surface area contributed by atoms with E-state index in [1.165, 1.54) is 22.3 Å². The number of fused-ring (bicyclic) bond motifs is 5. The molecule has 6 aliphatic rings. The Kier molecular flexibility index (Phi) is 4.39. The van der Waals surface area contributed by atoms with E-state index in [-0.39, 0.29) is 12.3 Å². The number of benzene rings is 20. The van der Waals surface area contributed by atoms with Crippen molar-refractivity contribution in [3.8, 4) is 11.1 Å². The molecule has 36 rings (SSSR count). The standard InChI is InChI=1S/C83H30O6P2/c1-5-86-90(84,87-6-2)15-17-9-11-19-20-12-10-18(16-91(85,88-7-3)89-8-4)14-22(20)81(21(19)13-17)82-77-69-61-51-41-33-25-23-24-27-31-29(25)37-45-39(31)49-43-35(27)36-28(24)32-30-26(23)34(33)42-48-38(30)46-40(32)50-44(36)54-53(43)63-57(49)67-59(45)65(55(61)47(37)41)73(77)75(67)79-71(63)72-64(54)58(50)68-60(46)66-56(48)62(52(42)51)70(69)78(82)74(66)76(68)80(72)83(79,81)82/h9-14H,5-8,15-16H2,1-4H3. The van der Waals surface area contributed by atoms with E-state index < -0.39 is 31.4 Å². The second-order valence-corrected chi connectivity index (χ2v) is 35.1. The summed E-state index contributed by atoms with van der Waals surface area (Å²) in [6, 6.07) is 14.4. The molecule has 408 valence electrons. The molecule has 30 aromatic rings. The maximum absolute atomic E-state index is 15.3. The fourth-order valence-corrected chi connectivity index (χ4v) is 32.9. The van der Waals surface area contributed by atoms with Gasteiger partial charge in [-0.2, -0.15) is 0 Å². The summed E-state index contributed by atoms with van der Waals surface area (Å²) in [5.41, 5.74) is 11.7. The molecule has 0 unspecified atom stereocenters. The minimum atomic E-state index is -3.58. The Hall–Kier alpha value is -8.80. The van der Waals surface area contributed by atoms with Crippen LogP contribution >= 0.6 is 15.2 Å². The quantitative estimate of drug-likeness (QED) is 0.0897. The molecule has 3 spiro atoms. The van der Waals surface area contributed by atoms with Crippen molar-refractivity contribution in [1.82, 2.24) is 0 Å². The Bertz CT molecular complexity index is 7930. The summed E-state index contributed by atoms with van der Waals surface area (Å²) in [6.07, 6.45) is 0.366. The van der Waals surface area contributed by atoms with E-state index in [1.807, 2.05) is 27.7 Å². The predicted octanol–water partition coefficient (Wildman–Crippen LogP) is 22.8. The van der Waals surface area contributed by atoms with Crippen molar-refractivity contribution in [2.24, 2.45) is 0 Å². The van der Waals surface area contributed by atoms with Crippen LogP contribution in [0.15, 0.2) is 36.4 Å². The van der Waals surface area contributed by atoms with Gasteiger partial charge in [-0.05, 0) is 374 Å². The van der Waals surface area contributed by atoms with Gasteiger partial charge in [-0.25, -0.2) is 0 Å². The van der Waals surface area contributed by atoms with Gasteiger partial charge in [-0.3, -0.25) is 9.13 Å². The Morgan fingerprint density at radius 1 is 0.242 bits per heavy atom. The highest BCUT2D eigenvalue weighted by Crippen LogP contribution is 2.99. The van der Waals surface area contributed by atoms with Crippen molar-refractivity contribution in [2.75, 3.05) is 26.4 Å². The summed E-state index contributed by atoms with van der Waals surface area (Å²) < 4.78 is 55.6. The van der Waals surface area contributed by atoms with Crippen molar-refractivity contribution >= 4 is 306 Å². The molecule has 30 aromatic carbocycles. The first-order valence-corrected chi connectivity index (χ1v) is 37.1. The predicted molar refractivity (Wildman–Crippen MR) is 376 cm³/mol. The molecule has 0 heterocycles. The minimum absolute atomic E-state index is 0.183. The average molecular weight is 1190 g/mol. The Labute approximate surface area is 504 Å². The molecule has 1 fully saturated rings. The first kappa shape index (κ1) is 40.1. The maximum atomic E-state index is 15.3. The molecule has 0 aliphatic heterocycles. The Morgan fingerprint density at radius 2 is 0.407 bits per heavy atom. The van der Waals surface area contributed by atoms with Gasteiger partial charge in [0.2, 0.25) is 0 Å². The van der Waals surface area contributed by atoms with E-state index in [2.05, 4.69) is 36.4 Å². The first-order valence-electron chi connectivity index (χ1n) is 33.6. The van der Waals surface area contributed by atoms with Crippen LogP contribution in [-0.2, 0) is 55.8 Å². The zero-order valence-electron chi connectivity index (χ0n) is 48.6. The lowest BCUT2D eigenvalue weighted by Crippen LogP contribution is -2.27. The van der Waals surface area contributed by atoms with Crippen LogP contribution in [0.4, 0.5) is 0 Å². The summed E-state index contributed by atoms with van der Waals surface area (Å²) >= 11 is 0.